The Hall–Kier alpha value is -2.34. The maximum Gasteiger partial charge on any atom is 0.337 e. The number of halogens is 1. The number of para-hydroxylation sites is 1. The topological polar surface area (TPSA) is 78.4 Å². The Bertz CT molecular complexity index is 759. The Morgan fingerprint density at radius 1 is 1.00 bits per heavy atom. The first-order chi connectivity index (χ1) is 10.9. The highest BCUT2D eigenvalue weighted by Gasteiger charge is 2.12. The number of rotatable bonds is 5. The van der Waals surface area contributed by atoms with Gasteiger partial charge in [0.05, 0.1) is 16.6 Å². The third-order valence-corrected chi connectivity index (χ3v) is 4.12. The molecule has 0 bridgehead atoms. The molecule has 0 heterocycles. The van der Waals surface area contributed by atoms with Crippen molar-refractivity contribution in [3.05, 3.63) is 53.1 Å². The van der Waals surface area contributed by atoms with E-state index in [1.807, 2.05) is 19.9 Å². The zero-order chi connectivity index (χ0) is 17.0. The molecular weight excluding hydrogens is 360 g/mol. The van der Waals surface area contributed by atoms with Gasteiger partial charge in [-0.1, -0.05) is 28.1 Å². The molecule has 6 heteroatoms. The smallest absolute Gasteiger partial charge is 0.337 e. The zero-order valence-corrected chi connectivity index (χ0v) is 14.4. The number of carbonyl (C=O) groups is 2. The minimum atomic E-state index is -0.983. The fourth-order valence-corrected chi connectivity index (χ4v) is 2.34. The fourth-order valence-electron chi connectivity index (χ4n) is 2.20. The van der Waals surface area contributed by atoms with Crippen LogP contribution >= 0.6 is 15.9 Å². The summed E-state index contributed by atoms with van der Waals surface area (Å²) in [6.07, 6.45) is 0. The van der Waals surface area contributed by atoms with Crippen molar-refractivity contribution in [2.45, 2.75) is 13.8 Å². The van der Waals surface area contributed by atoms with E-state index in [0.29, 0.717) is 5.69 Å². The summed E-state index contributed by atoms with van der Waals surface area (Å²) >= 11 is 3.12. The number of amides is 1. The van der Waals surface area contributed by atoms with E-state index in [9.17, 15) is 14.7 Å². The molecule has 0 unspecified atom stereocenters. The summed E-state index contributed by atoms with van der Waals surface area (Å²) in [6.45, 7) is 3.83. The Morgan fingerprint density at radius 2 is 1.61 bits per heavy atom. The predicted molar refractivity (Wildman–Crippen MR) is 95.0 cm³/mol. The Balaban J connectivity index is 2.34. The zero-order valence-electron chi connectivity index (χ0n) is 12.8. The van der Waals surface area contributed by atoms with E-state index in [-0.39, 0.29) is 16.8 Å². The summed E-state index contributed by atoms with van der Waals surface area (Å²) in [5, 5.41) is 15.4. The van der Waals surface area contributed by atoms with Gasteiger partial charge in [-0.05, 0) is 49.2 Å². The first-order valence-corrected chi connectivity index (χ1v) is 8.11. The van der Waals surface area contributed by atoms with Crippen LogP contribution in [0.4, 0.5) is 17.1 Å². The molecular formula is C17H17BrN2O3. The second-order valence-electron chi connectivity index (χ2n) is 5.07. The van der Waals surface area contributed by atoms with Crippen molar-refractivity contribution < 1.29 is 14.7 Å². The molecule has 5 nitrogen and oxygen atoms in total. The molecule has 0 aliphatic heterocycles. The highest BCUT2D eigenvalue weighted by Crippen LogP contribution is 2.29. The molecule has 0 radical (unpaired) electrons. The van der Waals surface area contributed by atoms with E-state index in [0.717, 1.165) is 22.5 Å². The molecule has 0 spiro atoms. The van der Waals surface area contributed by atoms with E-state index < -0.39 is 5.97 Å². The van der Waals surface area contributed by atoms with Crippen LogP contribution in [-0.2, 0) is 4.79 Å². The van der Waals surface area contributed by atoms with E-state index >= 15 is 0 Å². The van der Waals surface area contributed by atoms with Gasteiger partial charge < -0.3 is 15.7 Å². The minimum absolute atomic E-state index is 0.121. The van der Waals surface area contributed by atoms with Crippen molar-refractivity contribution in [1.82, 2.24) is 0 Å². The normalized spacial score (nSPS) is 10.2. The largest absolute Gasteiger partial charge is 0.478 e. The summed E-state index contributed by atoms with van der Waals surface area (Å²) in [5.41, 5.74) is 4.15. The van der Waals surface area contributed by atoms with Crippen molar-refractivity contribution in [2.24, 2.45) is 0 Å². The van der Waals surface area contributed by atoms with Gasteiger partial charge in [-0.2, -0.15) is 0 Å². The molecule has 2 rings (SSSR count). The number of hydrogen-bond donors (Lipinski definition) is 3. The van der Waals surface area contributed by atoms with Crippen LogP contribution in [0.5, 0.6) is 0 Å². The number of carboxylic acid groups (broad SMARTS) is 1. The predicted octanol–water partition coefficient (Wildman–Crippen LogP) is 4.08. The van der Waals surface area contributed by atoms with Gasteiger partial charge in [-0.15, -0.1) is 0 Å². The van der Waals surface area contributed by atoms with Gasteiger partial charge in [0.1, 0.15) is 0 Å². The fraction of sp³-hybridized carbons (Fsp3) is 0.176. The van der Waals surface area contributed by atoms with E-state index in [1.54, 1.807) is 30.3 Å². The summed E-state index contributed by atoms with van der Waals surface area (Å²) in [5.74, 6) is -1.10. The molecule has 0 saturated carbocycles. The van der Waals surface area contributed by atoms with Crippen LogP contribution in [-0.4, -0.2) is 22.3 Å². The maximum absolute atomic E-state index is 11.5. The standard InChI is InChI=1S/C17H17BrN2O3/c1-10-11(2)14(20-16(21)9-18)8-7-13(10)19-15-6-4-3-5-12(15)17(22)23/h3-8,19H,9H2,1-2H3,(H,20,21)(H,22,23). The van der Waals surface area contributed by atoms with E-state index in [4.69, 9.17) is 0 Å². The number of nitrogens with one attached hydrogen (secondary N) is 2. The number of anilines is 3. The molecule has 1 amide bonds. The van der Waals surface area contributed by atoms with Crippen molar-refractivity contribution in [1.29, 1.82) is 0 Å². The summed E-state index contributed by atoms with van der Waals surface area (Å²) in [4.78, 5) is 22.8. The van der Waals surface area contributed by atoms with Gasteiger partial charge in [-0.25, -0.2) is 4.79 Å². The first kappa shape index (κ1) is 17.0. The lowest BCUT2D eigenvalue weighted by molar-refractivity contribution is -0.113. The van der Waals surface area contributed by atoms with Crippen molar-refractivity contribution in [2.75, 3.05) is 16.0 Å². The first-order valence-electron chi connectivity index (χ1n) is 6.99. The van der Waals surface area contributed by atoms with Gasteiger partial charge in [-0.3, -0.25) is 4.79 Å². The van der Waals surface area contributed by atoms with Crippen molar-refractivity contribution in [3.63, 3.8) is 0 Å². The molecule has 2 aromatic rings. The van der Waals surface area contributed by atoms with Gasteiger partial charge in [0.2, 0.25) is 5.91 Å². The van der Waals surface area contributed by atoms with Gasteiger partial charge in [0.25, 0.3) is 0 Å². The summed E-state index contributed by atoms with van der Waals surface area (Å²) < 4.78 is 0. The third kappa shape index (κ3) is 3.90. The average molecular weight is 377 g/mol. The molecule has 0 aromatic heterocycles. The van der Waals surface area contributed by atoms with Gasteiger partial charge in [0.15, 0.2) is 0 Å². The van der Waals surface area contributed by atoms with Crippen LogP contribution in [0.15, 0.2) is 36.4 Å². The van der Waals surface area contributed by atoms with Crippen LogP contribution < -0.4 is 10.6 Å². The van der Waals surface area contributed by atoms with Crippen LogP contribution in [0.2, 0.25) is 0 Å². The number of carboxylic acids is 1. The van der Waals surface area contributed by atoms with Crippen LogP contribution in [0.25, 0.3) is 0 Å². The minimum Gasteiger partial charge on any atom is -0.478 e. The monoisotopic (exact) mass is 376 g/mol. The van der Waals surface area contributed by atoms with Gasteiger partial charge in [0, 0.05) is 11.4 Å². The highest BCUT2D eigenvalue weighted by molar-refractivity contribution is 9.09. The lowest BCUT2D eigenvalue weighted by atomic mass is 10.0. The Labute approximate surface area is 142 Å². The summed E-state index contributed by atoms with van der Waals surface area (Å²) in [7, 11) is 0. The Kier molecular flexibility index (Phi) is 5.39. The van der Waals surface area contributed by atoms with Crippen LogP contribution in [0.1, 0.15) is 21.5 Å². The SMILES string of the molecule is Cc1c(NC(=O)CBr)ccc(Nc2ccccc2C(=O)O)c1C. The molecule has 23 heavy (non-hydrogen) atoms. The number of aromatic carboxylic acids is 1. The number of benzene rings is 2. The number of hydrogen-bond acceptors (Lipinski definition) is 3. The second-order valence-corrected chi connectivity index (χ2v) is 5.63. The number of alkyl halides is 1. The summed E-state index contributed by atoms with van der Waals surface area (Å²) in [6, 6.07) is 10.4. The second kappa shape index (κ2) is 7.28. The van der Waals surface area contributed by atoms with Crippen LogP contribution in [0.3, 0.4) is 0 Å². The molecule has 0 fully saturated rings. The molecule has 2 aromatic carbocycles. The molecule has 0 aliphatic rings. The highest BCUT2D eigenvalue weighted by atomic mass is 79.9. The molecule has 0 saturated heterocycles. The lowest BCUT2D eigenvalue weighted by Gasteiger charge is -2.16. The van der Waals surface area contributed by atoms with E-state index in [2.05, 4.69) is 26.6 Å². The lowest BCUT2D eigenvalue weighted by Crippen LogP contribution is -2.14. The molecule has 120 valence electrons. The quantitative estimate of drug-likeness (QED) is 0.687. The molecule has 3 N–H and O–H groups in total. The number of carbonyl (C=O) groups excluding carboxylic acids is 1. The van der Waals surface area contributed by atoms with E-state index in [1.165, 1.54) is 0 Å². The molecule has 0 atom stereocenters. The third-order valence-electron chi connectivity index (χ3n) is 3.61. The Morgan fingerprint density at radius 3 is 2.26 bits per heavy atom. The average Bonchev–Trinajstić information content (AvgIpc) is 2.54. The van der Waals surface area contributed by atoms with Crippen molar-refractivity contribution in [3.8, 4) is 0 Å². The molecule has 0 aliphatic carbocycles. The van der Waals surface area contributed by atoms with Crippen LogP contribution in [0, 0.1) is 13.8 Å². The van der Waals surface area contributed by atoms with Crippen molar-refractivity contribution >= 4 is 44.9 Å². The van der Waals surface area contributed by atoms with Gasteiger partial charge >= 0.3 is 5.97 Å². The maximum atomic E-state index is 11.5.